The second-order valence-corrected chi connectivity index (χ2v) is 7.96. The largest absolute Gasteiger partial charge is 0.325 e. The lowest BCUT2D eigenvalue weighted by Gasteiger charge is -2.11. The normalized spacial score (nSPS) is 10.8. The van der Waals surface area contributed by atoms with Gasteiger partial charge >= 0.3 is 0 Å². The zero-order chi connectivity index (χ0) is 21.8. The van der Waals surface area contributed by atoms with Crippen LogP contribution < -0.4 is 5.32 Å². The van der Waals surface area contributed by atoms with Crippen molar-refractivity contribution in [3.8, 4) is 17.1 Å². The Labute approximate surface area is 183 Å². The lowest BCUT2D eigenvalue weighted by Crippen LogP contribution is -2.14. The standard InChI is InChI=1S/C23H20FN5OS/c1-15-5-9-19(10-6-15)29-22(17-4-3-11-25-13-17)27-28-23(29)31-14-21(30)26-18-8-7-16(2)20(24)12-18/h3-13H,14H2,1-2H3,(H,26,30). The van der Waals surface area contributed by atoms with Crippen LogP contribution in [0.15, 0.2) is 72.1 Å². The Kier molecular flexibility index (Phi) is 6.08. The molecule has 4 aromatic rings. The highest BCUT2D eigenvalue weighted by Gasteiger charge is 2.17. The van der Waals surface area contributed by atoms with Crippen molar-refractivity contribution in [2.75, 3.05) is 11.1 Å². The minimum atomic E-state index is -0.356. The zero-order valence-corrected chi connectivity index (χ0v) is 17.9. The number of hydrogen-bond acceptors (Lipinski definition) is 5. The van der Waals surface area contributed by atoms with Crippen molar-refractivity contribution < 1.29 is 9.18 Å². The Balaban J connectivity index is 1.57. The van der Waals surface area contributed by atoms with Gasteiger partial charge in [-0.25, -0.2) is 4.39 Å². The van der Waals surface area contributed by atoms with Crippen molar-refractivity contribution in [3.05, 3.63) is 83.9 Å². The first-order valence-corrected chi connectivity index (χ1v) is 10.6. The molecule has 0 fully saturated rings. The Morgan fingerprint density at radius 3 is 2.61 bits per heavy atom. The Hall–Kier alpha value is -3.52. The molecule has 0 unspecified atom stereocenters. The summed E-state index contributed by atoms with van der Waals surface area (Å²) < 4.78 is 15.6. The van der Waals surface area contributed by atoms with E-state index in [1.807, 2.05) is 47.9 Å². The monoisotopic (exact) mass is 433 g/mol. The summed E-state index contributed by atoms with van der Waals surface area (Å²) in [5.74, 6) is 0.132. The van der Waals surface area contributed by atoms with E-state index in [9.17, 15) is 9.18 Å². The number of aromatic nitrogens is 4. The average Bonchev–Trinajstić information content (AvgIpc) is 3.20. The molecular weight excluding hydrogens is 413 g/mol. The fourth-order valence-corrected chi connectivity index (χ4v) is 3.72. The first kappa shape index (κ1) is 20.7. The maximum absolute atomic E-state index is 13.7. The van der Waals surface area contributed by atoms with Crippen molar-refractivity contribution in [2.24, 2.45) is 0 Å². The van der Waals surface area contributed by atoms with Gasteiger partial charge in [-0.3, -0.25) is 14.3 Å². The molecule has 8 heteroatoms. The highest BCUT2D eigenvalue weighted by molar-refractivity contribution is 7.99. The summed E-state index contributed by atoms with van der Waals surface area (Å²) in [6.07, 6.45) is 3.42. The molecule has 0 spiro atoms. The third kappa shape index (κ3) is 4.80. The number of anilines is 1. The molecule has 0 saturated carbocycles. The minimum absolute atomic E-state index is 0.104. The Bertz CT molecular complexity index is 1210. The van der Waals surface area contributed by atoms with Gasteiger partial charge in [0.05, 0.1) is 5.75 Å². The highest BCUT2D eigenvalue weighted by atomic mass is 32.2. The van der Waals surface area contributed by atoms with Crippen molar-refractivity contribution in [3.63, 3.8) is 0 Å². The number of pyridine rings is 1. The van der Waals surface area contributed by atoms with Gasteiger partial charge in [0.25, 0.3) is 0 Å². The first-order valence-electron chi connectivity index (χ1n) is 9.63. The number of carbonyl (C=O) groups excluding carboxylic acids is 1. The number of halogens is 1. The van der Waals surface area contributed by atoms with E-state index < -0.39 is 0 Å². The number of carbonyl (C=O) groups is 1. The molecule has 0 aliphatic rings. The van der Waals surface area contributed by atoms with E-state index in [-0.39, 0.29) is 17.5 Å². The number of aryl methyl sites for hydroxylation is 2. The van der Waals surface area contributed by atoms with Crippen LogP contribution in [0.4, 0.5) is 10.1 Å². The highest BCUT2D eigenvalue weighted by Crippen LogP contribution is 2.28. The van der Waals surface area contributed by atoms with E-state index in [0.29, 0.717) is 22.2 Å². The molecule has 0 saturated heterocycles. The molecule has 0 aliphatic carbocycles. The quantitative estimate of drug-likeness (QED) is 0.442. The number of amides is 1. The summed E-state index contributed by atoms with van der Waals surface area (Å²) >= 11 is 1.26. The molecule has 0 aliphatic heterocycles. The van der Waals surface area contributed by atoms with Crippen molar-refractivity contribution in [1.82, 2.24) is 19.7 Å². The predicted octanol–water partition coefficient (Wildman–Crippen LogP) is 4.82. The lowest BCUT2D eigenvalue weighted by atomic mass is 10.2. The maximum Gasteiger partial charge on any atom is 0.234 e. The van der Waals surface area contributed by atoms with Gasteiger partial charge in [-0.1, -0.05) is 35.5 Å². The van der Waals surface area contributed by atoms with E-state index >= 15 is 0 Å². The van der Waals surface area contributed by atoms with Gasteiger partial charge in [0, 0.05) is 29.3 Å². The molecular formula is C23H20FN5OS. The van der Waals surface area contributed by atoms with Crippen LogP contribution in [0, 0.1) is 19.7 Å². The molecule has 156 valence electrons. The van der Waals surface area contributed by atoms with Crippen molar-refractivity contribution in [1.29, 1.82) is 0 Å². The average molecular weight is 434 g/mol. The van der Waals surface area contributed by atoms with Gasteiger partial charge in [-0.15, -0.1) is 10.2 Å². The van der Waals surface area contributed by atoms with Crippen LogP contribution >= 0.6 is 11.8 Å². The minimum Gasteiger partial charge on any atom is -0.325 e. The molecule has 2 heterocycles. The number of hydrogen-bond donors (Lipinski definition) is 1. The summed E-state index contributed by atoms with van der Waals surface area (Å²) in [7, 11) is 0. The molecule has 2 aromatic carbocycles. The van der Waals surface area contributed by atoms with Gasteiger partial charge in [0.15, 0.2) is 11.0 Å². The molecule has 1 N–H and O–H groups in total. The van der Waals surface area contributed by atoms with Crippen LogP contribution in [-0.4, -0.2) is 31.4 Å². The zero-order valence-electron chi connectivity index (χ0n) is 17.0. The van der Waals surface area contributed by atoms with Crippen LogP contribution in [0.1, 0.15) is 11.1 Å². The number of nitrogens with zero attached hydrogens (tertiary/aromatic N) is 4. The van der Waals surface area contributed by atoms with E-state index in [2.05, 4.69) is 20.5 Å². The van der Waals surface area contributed by atoms with Gasteiger partial charge in [-0.2, -0.15) is 0 Å². The van der Waals surface area contributed by atoms with Crippen LogP contribution in [0.25, 0.3) is 17.1 Å². The van der Waals surface area contributed by atoms with E-state index in [4.69, 9.17) is 0 Å². The molecule has 6 nitrogen and oxygen atoms in total. The number of nitrogens with one attached hydrogen (secondary N) is 1. The SMILES string of the molecule is Cc1ccc(-n2c(SCC(=O)Nc3ccc(C)c(F)c3)nnc2-c2cccnc2)cc1. The summed E-state index contributed by atoms with van der Waals surface area (Å²) in [5.41, 5.74) is 3.80. The first-order chi connectivity index (χ1) is 15.0. The molecule has 4 rings (SSSR count). The van der Waals surface area contributed by atoms with E-state index in [1.165, 1.54) is 17.8 Å². The van der Waals surface area contributed by atoms with Crippen molar-refractivity contribution in [2.45, 2.75) is 19.0 Å². The number of rotatable bonds is 6. The van der Waals surface area contributed by atoms with E-state index in [0.717, 1.165) is 16.8 Å². The molecule has 2 aromatic heterocycles. The third-order valence-corrected chi connectivity index (χ3v) is 5.56. The third-order valence-electron chi connectivity index (χ3n) is 4.63. The fourth-order valence-electron chi connectivity index (χ4n) is 2.97. The van der Waals surface area contributed by atoms with Gasteiger partial charge < -0.3 is 5.32 Å². The summed E-state index contributed by atoms with van der Waals surface area (Å²) in [6, 6.07) is 16.4. The van der Waals surface area contributed by atoms with Crippen LogP contribution in [0.3, 0.4) is 0 Å². The van der Waals surface area contributed by atoms with Gasteiger partial charge in [0.2, 0.25) is 5.91 Å². The van der Waals surface area contributed by atoms with Crippen LogP contribution in [0.2, 0.25) is 0 Å². The molecule has 0 bridgehead atoms. The summed E-state index contributed by atoms with van der Waals surface area (Å²) in [5, 5.41) is 11.9. The number of benzene rings is 2. The second-order valence-electron chi connectivity index (χ2n) is 7.02. The van der Waals surface area contributed by atoms with Gasteiger partial charge in [-0.05, 0) is 55.8 Å². The molecule has 31 heavy (non-hydrogen) atoms. The Morgan fingerprint density at radius 2 is 1.90 bits per heavy atom. The van der Waals surface area contributed by atoms with Crippen molar-refractivity contribution >= 4 is 23.4 Å². The molecule has 0 radical (unpaired) electrons. The topological polar surface area (TPSA) is 72.7 Å². The van der Waals surface area contributed by atoms with Crippen LogP contribution in [-0.2, 0) is 4.79 Å². The fraction of sp³-hybridized carbons (Fsp3) is 0.130. The Morgan fingerprint density at radius 1 is 1.10 bits per heavy atom. The molecule has 0 atom stereocenters. The lowest BCUT2D eigenvalue weighted by molar-refractivity contribution is -0.113. The summed E-state index contributed by atoms with van der Waals surface area (Å²) in [6.45, 7) is 3.69. The predicted molar refractivity (Wildman–Crippen MR) is 120 cm³/mol. The molecule has 1 amide bonds. The summed E-state index contributed by atoms with van der Waals surface area (Å²) in [4.78, 5) is 16.6. The second kappa shape index (κ2) is 9.09. The number of thioether (sulfide) groups is 1. The maximum atomic E-state index is 13.7. The van der Waals surface area contributed by atoms with Gasteiger partial charge in [0.1, 0.15) is 5.82 Å². The van der Waals surface area contributed by atoms with E-state index in [1.54, 1.807) is 31.5 Å². The van der Waals surface area contributed by atoms with Crippen LogP contribution in [0.5, 0.6) is 0 Å². The smallest absolute Gasteiger partial charge is 0.234 e.